The number of carbonyl (C=O) groups excluding carboxylic acids is 1. The first-order valence-corrected chi connectivity index (χ1v) is 7.13. The second-order valence-corrected chi connectivity index (χ2v) is 5.77. The Labute approximate surface area is 130 Å². The third-order valence-electron chi connectivity index (χ3n) is 2.72. The molecule has 0 fully saturated rings. The van der Waals surface area contributed by atoms with E-state index in [9.17, 15) is 9.18 Å². The molecular weight excluding hydrogens is 345 g/mol. The van der Waals surface area contributed by atoms with Gasteiger partial charge in [0, 0.05) is 20.7 Å². The molecule has 0 aliphatic rings. The number of aryl methyl sites for hydroxylation is 1. The zero-order valence-corrected chi connectivity index (χ0v) is 13.1. The van der Waals surface area contributed by atoms with Crippen molar-refractivity contribution in [3.05, 3.63) is 62.8 Å². The topological polar surface area (TPSA) is 29.1 Å². The Morgan fingerprint density at radius 2 is 2.10 bits per heavy atom. The molecule has 2 rings (SSSR count). The van der Waals surface area contributed by atoms with Crippen LogP contribution in [0.15, 0.2) is 40.9 Å². The van der Waals surface area contributed by atoms with Gasteiger partial charge in [-0.3, -0.25) is 4.79 Å². The standard InChI is InChI=1S/C15H12BrClFNO/c1-9-5-10(16)7-11(6-9)19-15(20)8-12-13(17)3-2-4-14(12)18/h2-7H,8H2,1H3,(H,19,20). The van der Waals surface area contributed by atoms with E-state index in [4.69, 9.17) is 11.6 Å². The monoisotopic (exact) mass is 355 g/mol. The predicted molar refractivity (Wildman–Crippen MR) is 82.6 cm³/mol. The van der Waals surface area contributed by atoms with Crippen molar-refractivity contribution < 1.29 is 9.18 Å². The van der Waals surface area contributed by atoms with Crippen molar-refractivity contribution in [3.8, 4) is 0 Å². The number of carbonyl (C=O) groups is 1. The van der Waals surface area contributed by atoms with Crippen LogP contribution in [0, 0.1) is 12.7 Å². The normalized spacial score (nSPS) is 10.4. The number of hydrogen-bond acceptors (Lipinski definition) is 1. The predicted octanol–water partition coefficient (Wildman–Crippen LogP) is 4.73. The molecule has 0 aliphatic carbocycles. The Hall–Kier alpha value is -1.39. The summed E-state index contributed by atoms with van der Waals surface area (Å²) in [7, 11) is 0. The highest BCUT2D eigenvalue weighted by Crippen LogP contribution is 2.22. The molecule has 0 saturated carbocycles. The quantitative estimate of drug-likeness (QED) is 0.846. The zero-order valence-electron chi connectivity index (χ0n) is 10.7. The number of anilines is 1. The van der Waals surface area contributed by atoms with Gasteiger partial charge in [-0.05, 0) is 42.8 Å². The highest BCUT2D eigenvalue weighted by atomic mass is 79.9. The highest BCUT2D eigenvalue weighted by molar-refractivity contribution is 9.10. The fraction of sp³-hybridized carbons (Fsp3) is 0.133. The third-order valence-corrected chi connectivity index (χ3v) is 3.54. The van der Waals surface area contributed by atoms with Crippen molar-refractivity contribution in [2.75, 3.05) is 5.32 Å². The third kappa shape index (κ3) is 3.81. The molecule has 0 saturated heterocycles. The molecule has 0 aromatic heterocycles. The summed E-state index contributed by atoms with van der Waals surface area (Å²) in [5.74, 6) is -0.785. The number of hydrogen-bond donors (Lipinski definition) is 1. The average molecular weight is 357 g/mol. The van der Waals surface area contributed by atoms with Gasteiger partial charge in [0.05, 0.1) is 6.42 Å². The van der Waals surface area contributed by atoms with Gasteiger partial charge in [-0.15, -0.1) is 0 Å². The maximum atomic E-state index is 13.6. The van der Waals surface area contributed by atoms with Gasteiger partial charge < -0.3 is 5.32 Å². The van der Waals surface area contributed by atoms with Crippen LogP contribution in [0.1, 0.15) is 11.1 Å². The van der Waals surface area contributed by atoms with E-state index in [1.165, 1.54) is 12.1 Å². The van der Waals surface area contributed by atoms with Crippen LogP contribution in [-0.4, -0.2) is 5.91 Å². The van der Waals surface area contributed by atoms with Gasteiger partial charge in [-0.25, -0.2) is 4.39 Å². The van der Waals surface area contributed by atoms with E-state index in [0.29, 0.717) is 5.69 Å². The van der Waals surface area contributed by atoms with Crippen LogP contribution >= 0.6 is 27.5 Å². The lowest BCUT2D eigenvalue weighted by Crippen LogP contribution is -2.15. The van der Waals surface area contributed by atoms with E-state index in [1.54, 1.807) is 12.1 Å². The average Bonchev–Trinajstić information content (AvgIpc) is 2.32. The molecule has 0 atom stereocenters. The summed E-state index contributed by atoms with van der Waals surface area (Å²) in [5.41, 5.74) is 1.88. The smallest absolute Gasteiger partial charge is 0.228 e. The van der Waals surface area contributed by atoms with Crippen LogP contribution in [0.25, 0.3) is 0 Å². The van der Waals surface area contributed by atoms with Gasteiger partial charge in [-0.2, -0.15) is 0 Å². The van der Waals surface area contributed by atoms with Crippen molar-refractivity contribution >= 4 is 39.1 Å². The van der Waals surface area contributed by atoms with Crippen molar-refractivity contribution in [3.63, 3.8) is 0 Å². The van der Waals surface area contributed by atoms with E-state index in [2.05, 4.69) is 21.2 Å². The Kier molecular flexibility index (Phi) is 4.78. The van der Waals surface area contributed by atoms with E-state index in [-0.39, 0.29) is 22.9 Å². The second-order valence-electron chi connectivity index (χ2n) is 4.44. The Morgan fingerprint density at radius 1 is 1.35 bits per heavy atom. The molecule has 0 spiro atoms. The maximum absolute atomic E-state index is 13.6. The van der Waals surface area contributed by atoms with Crippen LogP contribution in [0.4, 0.5) is 10.1 Å². The molecule has 1 amide bonds. The van der Waals surface area contributed by atoms with Gasteiger partial charge in [0.25, 0.3) is 0 Å². The summed E-state index contributed by atoms with van der Waals surface area (Å²) >= 11 is 9.26. The lowest BCUT2D eigenvalue weighted by Gasteiger charge is -2.08. The molecule has 2 nitrogen and oxygen atoms in total. The zero-order chi connectivity index (χ0) is 14.7. The van der Waals surface area contributed by atoms with Crippen LogP contribution < -0.4 is 5.32 Å². The lowest BCUT2D eigenvalue weighted by atomic mass is 10.1. The van der Waals surface area contributed by atoms with Gasteiger partial charge in [-0.1, -0.05) is 33.6 Å². The number of benzene rings is 2. The molecule has 20 heavy (non-hydrogen) atoms. The summed E-state index contributed by atoms with van der Waals surface area (Å²) in [6.07, 6.45) is -0.100. The van der Waals surface area contributed by atoms with Crippen LogP contribution in [0.5, 0.6) is 0 Å². The minimum atomic E-state index is -0.474. The number of halogens is 3. The van der Waals surface area contributed by atoms with Gasteiger partial charge in [0.2, 0.25) is 5.91 Å². The van der Waals surface area contributed by atoms with E-state index < -0.39 is 5.82 Å². The molecule has 104 valence electrons. The summed E-state index contributed by atoms with van der Waals surface area (Å²) < 4.78 is 14.5. The van der Waals surface area contributed by atoms with E-state index >= 15 is 0 Å². The van der Waals surface area contributed by atoms with Crippen molar-refractivity contribution in [2.24, 2.45) is 0 Å². The van der Waals surface area contributed by atoms with Crippen molar-refractivity contribution in [2.45, 2.75) is 13.3 Å². The molecule has 0 radical (unpaired) electrons. The molecule has 2 aromatic rings. The highest BCUT2D eigenvalue weighted by Gasteiger charge is 2.12. The molecule has 5 heteroatoms. The number of rotatable bonds is 3. The first-order valence-electron chi connectivity index (χ1n) is 5.95. The van der Waals surface area contributed by atoms with Crippen molar-refractivity contribution in [1.82, 2.24) is 0 Å². The Balaban J connectivity index is 2.13. The Morgan fingerprint density at radius 3 is 2.75 bits per heavy atom. The number of nitrogens with one attached hydrogen (secondary N) is 1. The molecule has 0 aliphatic heterocycles. The first-order chi connectivity index (χ1) is 9.45. The fourth-order valence-corrected chi connectivity index (χ4v) is 2.71. The van der Waals surface area contributed by atoms with Gasteiger partial charge in [0.1, 0.15) is 5.82 Å². The number of amides is 1. The summed E-state index contributed by atoms with van der Waals surface area (Å²) in [6, 6.07) is 9.92. The molecular formula is C15H12BrClFNO. The Bertz CT molecular complexity index is 620. The molecule has 1 N–H and O–H groups in total. The maximum Gasteiger partial charge on any atom is 0.228 e. The SMILES string of the molecule is Cc1cc(Br)cc(NC(=O)Cc2c(F)cccc2Cl)c1. The molecule has 0 bridgehead atoms. The van der Waals surface area contributed by atoms with E-state index in [1.807, 2.05) is 19.1 Å². The van der Waals surface area contributed by atoms with Gasteiger partial charge in [0.15, 0.2) is 0 Å². The minimum Gasteiger partial charge on any atom is -0.326 e. The fourth-order valence-electron chi connectivity index (χ4n) is 1.88. The molecule has 2 aromatic carbocycles. The molecule has 0 unspecified atom stereocenters. The largest absolute Gasteiger partial charge is 0.326 e. The van der Waals surface area contributed by atoms with Crippen LogP contribution in [0.3, 0.4) is 0 Å². The first kappa shape index (κ1) is 15.0. The molecule has 0 heterocycles. The summed E-state index contributed by atoms with van der Waals surface area (Å²) in [4.78, 5) is 12.0. The summed E-state index contributed by atoms with van der Waals surface area (Å²) in [6.45, 7) is 1.92. The minimum absolute atomic E-state index is 0.100. The summed E-state index contributed by atoms with van der Waals surface area (Å²) in [5, 5.41) is 2.99. The van der Waals surface area contributed by atoms with Crippen LogP contribution in [0.2, 0.25) is 5.02 Å². The van der Waals surface area contributed by atoms with E-state index in [0.717, 1.165) is 10.0 Å². The van der Waals surface area contributed by atoms with Crippen molar-refractivity contribution in [1.29, 1.82) is 0 Å². The second kappa shape index (κ2) is 6.37. The van der Waals surface area contributed by atoms with Crippen LogP contribution in [-0.2, 0) is 11.2 Å². The lowest BCUT2D eigenvalue weighted by molar-refractivity contribution is -0.115. The van der Waals surface area contributed by atoms with Gasteiger partial charge >= 0.3 is 0 Å².